The van der Waals surface area contributed by atoms with Crippen molar-refractivity contribution in [2.45, 2.75) is 4.90 Å². The second kappa shape index (κ2) is 7.82. The van der Waals surface area contributed by atoms with Gasteiger partial charge in [-0.15, -0.1) is 0 Å². The normalized spacial score (nSPS) is 15.3. The molecule has 0 saturated heterocycles. The van der Waals surface area contributed by atoms with Gasteiger partial charge in [-0.1, -0.05) is 71.9 Å². The van der Waals surface area contributed by atoms with Crippen LogP contribution in [0.15, 0.2) is 101 Å². The quantitative estimate of drug-likeness (QED) is 0.523. The molecule has 132 valence electrons. The van der Waals surface area contributed by atoms with Crippen LogP contribution in [-0.4, -0.2) is 11.1 Å². The summed E-state index contributed by atoms with van der Waals surface area (Å²) in [6.07, 6.45) is 1.81. The summed E-state index contributed by atoms with van der Waals surface area (Å²) in [4.78, 5) is 20.4. The third-order valence-electron chi connectivity index (χ3n) is 3.97. The molecule has 3 nitrogen and oxygen atoms in total. The van der Waals surface area contributed by atoms with Gasteiger partial charge in [0.2, 0.25) is 0 Å². The molecule has 0 bridgehead atoms. The Hall–Kier alpha value is -2.82. The first-order chi connectivity index (χ1) is 13.2. The van der Waals surface area contributed by atoms with Crippen molar-refractivity contribution in [3.05, 3.63) is 101 Å². The fourth-order valence-electron chi connectivity index (χ4n) is 2.68. The number of hydrogen-bond donors (Lipinski definition) is 0. The molecule has 3 aromatic rings. The van der Waals surface area contributed by atoms with Gasteiger partial charge in [0.05, 0.1) is 5.69 Å². The maximum Gasteiger partial charge on any atom is 0.283 e. The van der Waals surface area contributed by atoms with Gasteiger partial charge in [-0.2, -0.15) is 0 Å². The summed E-state index contributed by atoms with van der Waals surface area (Å²) in [5.74, 6) is -0.153. The van der Waals surface area contributed by atoms with Crippen molar-refractivity contribution in [2.75, 3.05) is 4.90 Å². The van der Waals surface area contributed by atoms with E-state index in [1.807, 2.05) is 78.9 Å². The van der Waals surface area contributed by atoms with E-state index in [2.05, 4.69) is 4.99 Å². The fourth-order valence-corrected chi connectivity index (χ4v) is 3.74. The van der Waals surface area contributed by atoms with Crippen LogP contribution in [0.5, 0.6) is 0 Å². The van der Waals surface area contributed by atoms with Crippen molar-refractivity contribution in [2.24, 2.45) is 4.99 Å². The predicted octanol–water partition coefficient (Wildman–Crippen LogP) is 5.88. The van der Waals surface area contributed by atoms with Gasteiger partial charge in [-0.25, -0.2) is 4.99 Å². The van der Waals surface area contributed by atoms with Crippen molar-refractivity contribution in [1.29, 1.82) is 0 Å². The molecule has 0 fully saturated rings. The molecular formula is C22H15ClN2OS. The van der Waals surface area contributed by atoms with Crippen LogP contribution in [0.25, 0.3) is 6.08 Å². The van der Waals surface area contributed by atoms with E-state index < -0.39 is 0 Å². The number of hydrogen-bond acceptors (Lipinski definition) is 3. The number of thioether (sulfide) groups is 1. The highest BCUT2D eigenvalue weighted by Gasteiger charge is 2.32. The standard InChI is InChI=1S/C22H15ClN2OS/c23-17-11-13-18(14-12-17)25-21(26)20(15-16-7-3-1-4-8-16)24-22(25)27-19-9-5-2-6-10-19/h1-15H/b20-15-. The summed E-state index contributed by atoms with van der Waals surface area (Å²) in [5.41, 5.74) is 2.09. The fraction of sp³-hybridized carbons (Fsp3) is 0. The minimum atomic E-state index is -0.153. The maximum atomic E-state index is 13.1. The molecule has 1 aliphatic rings. The highest BCUT2D eigenvalue weighted by molar-refractivity contribution is 8.14. The van der Waals surface area contributed by atoms with E-state index in [4.69, 9.17) is 11.6 Å². The zero-order valence-electron chi connectivity index (χ0n) is 14.2. The number of carbonyl (C=O) groups is 1. The minimum Gasteiger partial charge on any atom is -0.266 e. The molecular weight excluding hydrogens is 376 g/mol. The summed E-state index contributed by atoms with van der Waals surface area (Å²) in [5, 5.41) is 1.25. The number of rotatable bonds is 3. The van der Waals surface area contributed by atoms with E-state index in [9.17, 15) is 4.79 Å². The molecule has 0 radical (unpaired) electrons. The second-order valence-electron chi connectivity index (χ2n) is 5.87. The number of anilines is 1. The summed E-state index contributed by atoms with van der Waals surface area (Å²) >= 11 is 7.46. The molecule has 5 heteroatoms. The van der Waals surface area contributed by atoms with Gasteiger partial charge in [0.25, 0.3) is 5.91 Å². The Morgan fingerprint density at radius 3 is 2.15 bits per heavy atom. The molecule has 0 saturated carbocycles. The van der Waals surface area contributed by atoms with Gasteiger partial charge in [-0.05, 0) is 48.0 Å². The highest BCUT2D eigenvalue weighted by atomic mass is 35.5. The molecule has 1 aliphatic heterocycles. The lowest BCUT2D eigenvalue weighted by Gasteiger charge is -2.17. The van der Waals surface area contributed by atoms with Crippen LogP contribution < -0.4 is 4.90 Å². The molecule has 27 heavy (non-hydrogen) atoms. The van der Waals surface area contributed by atoms with Crippen LogP contribution in [0.3, 0.4) is 0 Å². The number of halogens is 1. The number of aliphatic imine (C=N–C) groups is 1. The van der Waals surface area contributed by atoms with Crippen molar-refractivity contribution in [3.63, 3.8) is 0 Å². The molecule has 3 aromatic carbocycles. The topological polar surface area (TPSA) is 32.7 Å². The number of nitrogens with zero attached hydrogens (tertiary/aromatic N) is 2. The van der Waals surface area contributed by atoms with Gasteiger partial charge >= 0.3 is 0 Å². The Morgan fingerprint density at radius 1 is 0.852 bits per heavy atom. The summed E-state index contributed by atoms with van der Waals surface area (Å²) in [7, 11) is 0. The molecule has 0 aliphatic carbocycles. The Bertz CT molecular complexity index is 1020. The van der Waals surface area contributed by atoms with Gasteiger partial charge in [0.15, 0.2) is 5.17 Å². The third-order valence-corrected chi connectivity index (χ3v) is 5.19. The van der Waals surface area contributed by atoms with Crippen molar-refractivity contribution in [3.8, 4) is 0 Å². The minimum absolute atomic E-state index is 0.153. The van der Waals surface area contributed by atoms with E-state index in [1.165, 1.54) is 11.8 Å². The first kappa shape index (κ1) is 17.6. The first-order valence-electron chi connectivity index (χ1n) is 8.39. The number of amides is 1. The van der Waals surface area contributed by atoms with Gasteiger partial charge in [0, 0.05) is 9.92 Å². The van der Waals surface area contributed by atoms with Crippen LogP contribution in [0.2, 0.25) is 5.02 Å². The van der Waals surface area contributed by atoms with Gasteiger partial charge in [0.1, 0.15) is 5.70 Å². The molecule has 0 spiro atoms. The zero-order valence-corrected chi connectivity index (χ0v) is 15.8. The SMILES string of the molecule is O=C1/C(=C/c2ccccc2)N=C(Sc2ccccc2)N1c1ccc(Cl)cc1. The molecule has 0 atom stereocenters. The van der Waals surface area contributed by atoms with E-state index in [-0.39, 0.29) is 5.91 Å². The Balaban J connectivity index is 1.74. The van der Waals surface area contributed by atoms with Crippen LogP contribution >= 0.6 is 23.4 Å². The van der Waals surface area contributed by atoms with Crippen molar-refractivity contribution >= 4 is 46.2 Å². The first-order valence-corrected chi connectivity index (χ1v) is 9.58. The van der Waals surface area contributed by atoms with Crippen molar-refractivity contribution < 1.29 is 4.79 Å². The van der Waals surface area contributed by atoms with Crippen LogP contribution in [0.4, 0.5) is 5.69 Å². The van der Waals surface area contributed by atoms with E-state index in [0.29, 0.717) is 15.9 Å². The lowest BCUT2D eigenvalue weighted by molar-refractivity contribution is -0.113. The molecule has 0 N–H and O–H groups in total. The summed E-state index contributed by atoms with van der Waals surface area (Å²) < 4.78 is 0. The van der Waals surface area contributed by atoms with Crippen molar-refractivity contribution in [1.82, 2.24) is 0 Å². The van der Waals surface area contributed by atoms with Crippen LogP contribution in [0.1, 0.15) is 5.56 Å². The van der Waals surface area contributed by atoms with Gasteiger partial charge in [-0.3, -0.25) is 9.69 Å². The molecule has 1 heterocycles. The molecule has 0 aromatic heterocycles. The Labute approximate surface area is 167 Å². The Kier molecular flexibility index (Phi) is 5.10. The average Bonchev–Trinajstić information content (AvgIpc) is 2.99. The molecule has 4 rings (SSSR count). The molecule has 0 unspecified atom stereocenters. The van der Waals surface area contributed by atoms with Crippen LogP contribution in [-0.2, 0) is 4.79 Å². The third kappa shape index (κ3) is 3.97. The van der Waals surface area contributed by atoms with E-state index in [0.717, 1.165) is 16.1 Å². The number of benzene rings is 3. The number of amidine groups is 1. The van der Waals surface area contributed by atoms with Crippen LogP contribution in [0, 0.1) is 0 Å². The smallest absolute Gasteiger partial charge is 0.266 e. The highest BCUT2D eigenvalue weighted by Crippen LogP contribution is 2.33. The van der Waals surface area contributed by atoms with E-state index in [1.54, 1.807) is 17.0 Å². The lowest BCUT2D eigenvalue weighted by atomic mass is 10.2. The largest absolute Gasteiger partial charge is 0.283 e. The predicted molar refractivity (Wildman–Crippen MR) is 113 cm³/mol. The van der Waals surface area contributed by atoms with E-state index >= 15 is 0 Å². The summed E-state index contributed by atoms with van der Waals surface area (Å²) in [6.45, 7) is 0. The Morgan fingerprint density at radius 2 is 1.48 bits per heavy atom. The average molecular weight is 391 g/mol. The zero-order chi connectivity index (χ0) is 18.6. The summed E-state index contributed by atoms with van der Waals surface area (Å²) in [6, 6.07) is 26.8. The van der Waals surface area contributed by atoms with Gasteiger partial charge < -0.3 is 0 Å². The lowest BCUT2D eigenvalue weighted by Crippen LogP contribution is -2.30. The number of carbonyl (C=O) groups excluding carboxylic acids is 1. The monoisotopic (exact) mass is 390 g/mol. The second-order valence-corrected chi connectivity index (χ2v) is 7.34. The molecule has 1 amide bonds. The maximum absolute atomic E-state index is 13.1.